The third-order valence-electron chi connectivity index (χ3n) is 4.57. The van der Waals surface area contributed by atoms with Crippen LogP contribution in [0.3, 0.4) is 0 Å². The van der Waals surface area contributed by atoms with Gasteiger partial charge < -0.3 is 9.64 Å². The lowest BCUT2D eigenvalue weighted by atomic mass is 10.1. The minimum Gasteiger partial charge on any atom is -0.457 e. The number of hydrogen-bond donors (Lipinski definition) is 0. The fourth-order valence-electron chi connectivity index (χ4n) is 2.81. The Morgan fingerprint density at radius 1 is 1.00 bits per heavy atom. The van der Waals surface area contributed by atoms with Crippen LogP contribution in [0.4, 0.5) is 13.2 Å². The summed E-state index contributed by atoms with van der Waals surface area (Å²) in [7, 11) is 1.69. The molecule has 0 aliphatic heterocycles. The van der Waals surface area contributed by atoms with Crippen molar-refractivity contribution in [1.82, 2.24) is 9.88 Å². The second kappa shape index (κ2) is 8.34. The molecular weight excluding hydrogens is 381 g/mol. The van der Waals surface area contributed by atoms with Crippen molar-refractivity contribution in [2.24, 2.45) is 0 Å². The summed E-state index contributed by atoms with van der Waals surface area (Å²) in [6, 6.07) is 14.5. The molecule has 1 unspecified atom stereocenters. The molecule has 3 aromatic rings. The summed E-state index contributed by atoms with van der Waals surface area (Å²) in [5.74, 6) is 0.0897. The monoisotopic (exact) mass is 400 g/mol. The molecule has 0 saturated carbocycles. The van der Waals surface area contributed by atoms with Gasteiger partial charge in [-0.1, -0.05) is 12.1 Å². The van der Waals surface area contributed by atoms with Crippen LogP contribution in [0.1, 0.15) is 34.5 Å². The van der Waals surface area contributed by atoms with Crippen LogP contribution in [-0.2, 0) is 6.18 Å². The van der Waals surface area contributed by atoms with E-state index in [9.17, 15) is 18.0 Å². The minimum atomic E-state index is -4.46. The molecule has 1 atom stereocenters. The molecule has 0 spiro atoms. The highest BCUT2D eigenvalue weighted by Gasteiger charge is 2.30. The molecule has 0 aliphatic rings. The van der Waals surface area contributed by atoms with Crippen molar-refractivity contribution in [2.75, 3.05) is 7.05 Å². The van der Waals surface area contributed by atoms with E-state index in [1.165, 1.54) is 18.2 Å². The van der Waals surface area contributed by atoms with Crippen molar-refractivity contribution in [1.29, 1.82) is 0 Å². The zero-order valence-corrected chi connectivity index (χ0v) is 15.9. The number of pyridine rings is 1. The molecule has 7 heteroatoms. The standard InChI is InChI=1S/C22H19F3N2O2/c1-15(16-9-11-26-12-10-16)27(2)21(28)17-5-3-7-19(13-17)29-20-8-4-6-18(14-20)22(23,24)25/h3-15H,1-2H3. The van der Waals surface area contributed by atoms with Gasteiger partial charge in [0.2, 0.25) is 0 Å². The number of aromatic nitrogens is 1. The fourth-order valence-corrected chi connectivity index (χ4v) is 2.81. The first-order valence-corrected chi connectivity index (χ1v) is 8.88. The summed E-state index contributed by atoms with van der Waals surface area (Å²) >= 11 is 0. The summed E-state index contributed by atoms with van der Waals surface area (Å²) < 4.78 is 44.2. The average molecular weight is 400 g/mol. The number of amides is 1. The third kappa shape index (κ3) is 4.93. The van der Waals surface area contributed by atoms with Crippen molar-refractivity contribution >= 4 is 5.91 Å². The molecule has 0 saturated heterocycles. The molecule has 0 radical (unpaired) electrons. The van der Waals surface area contributed by atoms with Crippen LogP contribution in [-0.4, -0.2) is 22.8 Å². The number of hydrogen-bond acceptors (Lipinski definition) is 3. The van der Waals surface area contributed by atoms with Crippen LogP contribution in [0.2, 0.25) is 0 Å². The molecule has 1 amide bonds. The first-order valence-electron chi connectivity index (χ1n) is 8.88. The first kappa shape index (κ1) is 20.4. The Balaban J connectivity index is 1.78. The predicted octanol–water partition coefficient (Wildman–Crippen LogP) is 5.73. The van der Waals surface area contributed by atoms with Gasteiger partial charge >= 0.3 is 6.18 Å². The van der Waals surface area contributed by atoms with Gasteiger partial charge in [0.25, 0.3) is 5.91 Å². The number of rotatable bonds is 5. The lowest BCUT2D eigenvalue weighted by Crippen LogP contribution is -2.29. The van der Waals surface area contributed by atoms with Crippen molar-refractivity contribution in [2.45, 2.75) is 19.1 Å². The van der Waals surface area contributed by atoms with Crippen molar-refractivity contribution < 1.29 is 22.7 Å². The number of halogens is 3. The van der Waals surface area contributed by atoms with E-state index in [-0.39, 0.29) is 23.4 Å². The van der Waals surface area contributed by atoms with Crippen LogP contribution in [0, 0.1) is 0 Å². The van der Waals surface area contributed by atoms with E-state index in [4.69, 9.17) is 4.74 Å². The van der Waals surface area contributed by atoms with Gasteiger partial charge in [0.05, 0.1) is 11.6 Å². The summed E-state index contributed by atoms with van der Waals surface area (Å²) in [5.41, 5.74) is 0.512. The Morgan fingerprint density at radius 2 is 1.62 bits per heavy atom. The highest BCUT2D eigenvalue weighted by molar-refractivity contribution is 5.94. The summed E-state index contributed by atoms with van der Waals surface area (Å²) in [4.78, 5) is 18.4. The largest absolute Gasteiger partial charge is 0.457 e. The molecular formula is C22H19F3N2O2. The molecule has 1 aromatic heterocycles. The molecule has 0 bridgehead atoms. The molecule has 29 heavy (non-hydrogen) atoms. The fraction of sp³-hybridized carbons (Fsp3) is 0.182. The van der Waals surface area contributed by atoms with Crippen LogP contribution >= 0.6 is 0 Å². The molecule has 2 aromatic carbocycles. The van der Waals surface area contributed by atoms with E-state index in [0.29, 0.717) is 5.56 Å². The highest BCUT2D eigenvalue weighted by Crippen LogP contribution is 2.33. The molecule has 1 heterocycles. The zero-order chi connectivity index (χ0) is 21.0. The maximum atomic E-state index is 12.9. The van der Waals surface area contributed by atoms with Gasteiger partial charge in [0, 0.05) is 25.0 Å². The smallest absolute Gasteiger partial charge is 0.416 e. The lowest BCUT2D eigenvalue weighted by Gasteiger charge is -2.25. The van der Waals surface area contributed by atoms with Crippen molar-refractivity contribution in [3.8, 4) is 11.5 Å². The Labute approximate surface area is 166 Å². The van der Waals surface area contributed by atoms with Gasteiger partial charge in [-0.15, -0.1) is 0 Å². The van der Waals surface area contributed by atoms with Crippen molar-refractivity contribution in [3.05, 3.63) is 89.7 Å². The van der Waals surface area contributed by atoms with Crippen LogP contribution < -0.4 is 4.74 Å². The van der Waals surface area contributed by atoms with E-state index in [1.54, 1.807) is 42.5 Å². The third-order valence-corrected chi connectivity index (χ3v) is 4.57. The Bertz CT molecular complexity index is 991. The zero-order valence-electron chi connectivity index (χ0n) is 15.9. The second-order valence-electron chi connectivity index (χ2n) is 6.53. The molecule has 0 N–H and O–H groups in total. The van der Waals surface area contributed by atoms with Gasteiger partial charge in [0.1, 0.15) is 11.5 Å². The number of ether oxygens (including phenoxy) is 1. The van der Waals surface area contributed by atoms with Gasteiger partial charge in [-0.3, -0.25) is 9.78 Å². The van der Waals surface area contributed by atoms with E-state index in [1.807, 2.05) is 19.1 Å². The number of carbonyl (C=O) groups excluding carboxylic acids is 1. The van der Waals surface area contributed by atoms with E-state index in [0.717, 1.165) is 17.7 Å². The number of alkyl halides is 3. The summed E-state index contributed by atoms with van der Waals surface area (Å²) in [6.07, 6.45) is -1.13. The maximum Gasteiger partial charge on any atom is 0.416 e. The maximum absolute atomic E-state index is 12.9. The van der Waals surface area contributed by atoms with E-state index >= 15 is 0 Å². The Kier molecular flexibility index (Phi) is 5.87. The molecule has 150 valence electrons. The van der Waals surface area contributed by atoms with Gasteiger partial charge in [-0.05, 0) is 61.0 Å². The first-order chi connectivity index (χ1) is 13.8. The highest BCUT2D eigenvalue weighted by atomic mass is 19.4. The van der Waals surface area contributed by atoms with Gasteiger partial charge in [-0.2, -0.15) is 13.2 Å². The normalized spacial score (nSPS) is 12.3. The van der Waals surface area contributed by atoms with E-state index in [2.05, 4.69) is 4.98 Å². The number of benzene rings is 2. The molecule has 3 rings (SSSR count). The average Bonchev–Trinajstić information content (AvgIpc) is 2.72. The van der Waals surface area contributed by atoms with Crippen LogP contribution in [0.5, 0.6) is 11.5 Å². The van der Waals surface area contributed by atoms with Crippen LogP contribution in [0.25, 0.3) is 0 Å². The molecule has 0 fully saturated rings. The minimum absolute atomic E-state index is 0.0444. The van der Waals surface area contributed by atoms with Crippen LogP contribution in [0.15, 0.2) is 73.1 Å². The second-order valence-corrected chi connectivity index (χ2v) is 6.53. The lowest BCUT2D eigenvalue weighted by molar-refractivity contribution is -0.137. The number of nitrogens with zero attached hydrogens (tertiary/aromatic N) is 2. The van der Waals surface area contributed by atoms with Crippen molar-refractivity contribution in [3.63, 3.8) is 0 Å². The topological polar surface area (TPSA) is 42.4 Å². The summed E-state index contributed by atoms with van der Waals surface area (Å²) in [6.45, 7) is 1.90. The van der Waals surface area contributed by atoms with Gasteiger partial charge in [-0.25, -0.2) is 0 Å². The van der Waals surface area contributed by atoms with Gasteiger partial charge in [0.15, 0.2) is 0 Å². The quantitative estimate of drug-likeness (QED) is 0.550. The Hall–Kier alpha value is -3.35. The summed E-state index contributed by atoms with van der Waals surface area (Å²) in [5, 5.41) is 0. The molecule has 0 aliphatic carbocycles. The predicted molar refractivity (Wildman–Crippen MR) is 103 cm³/mol. The Morgan fingerprint density at radius 3 is 2.28 bits per heavy atom. The number of carbonyl (C=O) groups is 1. The molecule has 4 nitrogen and oxygen atoms in total. The van der Waals surface area contributed by atoms with E-state index < -0.39 is 11.7 Å². The SMILES string of the molecule is CC(c1ccncc1)N(C)C(=O)c1cccc(Oc2cccc(C(F)(F)F)c2)c1.